The lowest BCUT2D eigenvalue weighted by Gasteiger charge is -2.33. The van der Waals surface area contributed by atoms with Crippen molar-refractivity contribution in [3.8, 4) is 5.75 Å². The van der Waals surface area contributed by atoms with E-state index in [1.54, 1.807) is 43.3 Å². The van der Waals surface area contributed by atoms with Crippen LogP contribution < -0.4 is 15.4 Å². The van der Waals surface area contributed by atoms with Crippen molar-refractivity contribution in [2.24, 2.45) is 0 Å². The highest BCUT2D eigenvalue weighted by molar-refractivity contribution is 6.30. The number of ether oxygens (including phenoxy) is 2. The summed E-state index contributed by atoms with van der Waals surface area (Å²) in [6.07, 6.45) is 2.46. The van der Waals surface area contributed by atoms with E-state index in [-0.39, 0.29) is 36.0 Å². The number of hydrogen-bond donors (Lipinski definition) is 3. The zero-order valence-corrected chi connectivity index (χ0v) is 21.4. The molecule has 2 amide bonds. The highest BCUT2D eigenvalue weighted by Crippen LogP contribution is 2.25. The van der Waals surface area contributed by atoms with E-state index in [1.165, 1.54) is 24.4 Å². The molecule has 0 radical (unpaired) electrons. The fourth-order valence-electron chi connectivity index (χ4n) is 3.58. The van der Waals surface area contributed by atoms with Crippen molar-refractivity contribution in [1.82, 2.24) is 9.88 Å². The van der Waals surface area contributed by atoms with Crippen LogP contribution in [0.5, 0.6) is 5.75 Å². The lowest BCUT2D eigenvalue weighted by atomic mass is 10.1. The van der Waals surface area contributed by atoms with Gasteiger partial charge in [-0.2, -0.15) is 0 Å². The number of esters is 1. The summed E-state index contributed by atoms with van der Waals surface area (Å²) in [4.78, 5) is 43.9. The van der Waals surface area contributed by atoms with Crippen LogP contribution in [0.2, 0.25) is 5.02 Å². The molecule has 38 heavy (non-hydrogen) atoms. The van der Waals surface area contributed by atoms with Gasteiger partial charge in [0.15, 0.2) is 6.61 Å². The average Bonchev–Trinajstić information content (AvgIpc) is 2.88. The van der Waals surface area contributed by atoms with Crippen molar-refractivity contribution < 1.29 is 23.9 Å². The number of carbonyl (C=O) groups is 3. The topological polar surface area (TPSA) is 134 Å². The zero-order chi connectivity index (χ0) is 27.1. The minimum atomic E-state index is -0.560. The van der Waals surface area contributed by atoms with E-state index >= 15 is 0 Å². The van der Waals surface area contributed by atoms with E-state index in [9.17, 15) is 14.4 Å². The molecule has 0 saturated carbocycles. The highest BCUT2D eigenvalue weighted by Gasteiger charge is 2.20. The van der Waals surface area contributed by atoms with Gasteiger partial charge in [0.1, 0.15) is 17.4 Å². The molecular formula is C27H26ClN5O5. The number of amidine groups is 1. The number of carbonyl (C=O) groups excluding carboxylic acids is 3. The van der Waals surface area contributed by atoms with Crippen LogP contribution in [0.25, 0.3) is 0 Å². The number of hydrogen-bond acceptors (Lipinski definition) is 7. The van der Waals surface area contributed by atoms with Gasteiger partial charge in [0.2, 0.25) is 0 Å². The fourth-order valence-corrected chi connectivity index (χ4v) is 3.70. The minimum Gasteiger partial charge on any atom is -0.482 e. The number of likely N-dealkylation sites (tertiary alicyclic amines) is 1. The Labute approximate surface area is 224 Å². The van der Waals surface area contributed by atoms with Crippen molar-refractivity contribution in [2.45, 2.75) is 13.3 Å². The van der Waals surface area contributed by atoms with Gasteiger partial charge in [-0.15, -0.1) is 0 Å². The third-order valence-corrected chi connectivity index (χ3v) is 5.93. The first-order valence-corrected chi connectivity index (χ1v) is 12.3. The van der Waals surface area contributed by atoms with Crippen LogP contribution in [0.4, 0.5) is 11.5 Å². The van der Waals surface area contributed by atoms with E-state index in [1.807, 2.05) is 4.90 Å². The zero-order valence-electron chi connectivity index (χ0n) is 20.6. The van der Waals surface area contributed by atoms with Gasteiger partial charge in [-0.3, -0.25) is 15.0 Å². The highest BCUT2D eigenvalue weighted by atomic mass is 35.5. The van der Waals surface area contributed by atoms with E-state index in [4.69, 9.17) is 26.5 Å². The molecule has 0 aliphatic carbocycles. The molecule has 1 fully saturated rings. The molecular weight excluding hydrogens is 510 g/mol. The molecule has 3 aromatic rings. The summed E-state index contributed by atoms with van der Waals surface area (Å²) in [5.41, 5.74) is 1.40. The van der Waals surface area contributed by atoms with E-state index in [0.717, 1.165) is 25.1 Å². The van der Waals surface area contributed by atoms with Crippen molar-refractivity contribution >= 4 is 46.7 Å². The number of pyridine rings is 1. The Kier molecular flexibility index (Phi) is 8.55. The standard InChI is InChI=1S/C27H26ClN5O5/c1-2-37-24(34)16-38-20-9-10-22(21(14-20)27(36)32-23-11-8-19(28)15-30-23)31-26(35)18-6-4-17(5-7-18)25(29)33-12-3-13-33/h4-11,14-15,29H,2-3,12-13,16H2,1H3,(H,31,35)(H,30,32,36). The fraction of sp³-hybridized carbons (Fsp3) is 0.222. The summed E-state index contributed by atoms with van der Waals surface area (Å²) in [7, 11) is 0. The number of halogens is 1. The van der Waals surface area contributed by atoms with Gasteiger partial charge in [0.25, 0.3) is 11.8 Å². The van der Waals surface area contributed by atoms with Gasteiger partial charge < -0.3 is 25.0 Å². The minimum absolute atomic E-state index is 0.0904. The summed E-state index contributed by atoms with van der Waals surface area (Å²) < 4.78 is 10.3. The summed E-state index contributed by atoms with van der Waals surface area (Å²) >= 11 is 5.87. The number of rotatable bonds is 9. The molecule has 1 aromatic heterocycles. The SMILES string of the molecule is CCOC(=O)COc1ccc(NC(=O)c2ccc(C(=N)N3CCC3)cc2)c(C(=O)Nc2ccc(Cl)cn2)c1. The smallest absolute Gasteiger partial charge is 0.344 e. The monoisotopic (exact) mass is 535 g/mol. The molecule has 0 spiro atoms. The molecule has 1 aliphatic heterocycles. The third-order valence-electron chi connectivity index (χ3n) is 5.71. The van der Waals surface area contributed by atoms with Crippen LogP contribution in [-0.4, -0.2) is 59.8 Å². The van der Waals surface area contributed by atoms with Gasteiger partial charge in [0.05, 0.1) is 22.9 Å². The second-order valence-corrected chi connectivity index (χ2v) is 8.77. The van der Waals surface area contributed by atoms with Crippen molar-refractivity contribution in [3.05, 3.63) is 82.5 Å². The van der Waals surface area contributed by atoms with E-state index < -0.39 is 17.8 Å². The van der Waals surface area contributed by atoms with Gasteiger partial charge in [0, 0.05) is 30.4 Å². The maximum atomic E-state index is 13.1. The molecule has 11 heteroatoms. The lowest BCUT2D eigenvalue weighted by Crippen LogP contribution is -2.42. The lowest BCUT2D eigenvalue weighted by molar-refractivity contribution is -0.145. The van der Waals surface area contributed by atoms with Gasteiger partial charge in [-0.1, -0.05) is 23.7 Å². The van der Waals surface area contributed by atoms with Crippen LogP contribution >= 0.6 is 11.6 Å². The summed E-state index contributed by atoms with van der Waals surface area (Å²) in [5.74, 6) is -0.627. The molecule has 1 saturated heterocycles. The molecule has 0 unspecified atom stereocenters. The largest absolute Gasteiger partial charge is 0.482 e. The van der Waals surface area contributed by atoms with Crippen molar-refractivity contribution in [1.29, 1.82) is 5.41 Å². The summed E-state index contributed by atoms with van der Waals surface area (Å²) in [6.45, 7) is 3.29. The van der Waals surface area contributed by atoms with Crippen LogP contribution in [0.1, 0.15) is 39.6 Å². The second kappa shape index (κ2) is 12.2. The predicted octanol–water partition coefficient (Wildman–Crippen LogP) is 4.21. The summed E-state index contributed by atoms with van der Waals surface area (Å²) in [5, 5.41) is 14.1. The Bertz CT molecular complexity index is 1340. The Morgan fingerprint density at radius 2 is 1.74 bits per heavy atom. The number of nitrogens with one attached hydrogen (secondary N) is 3. The molecule has 2 aromatic carbocycles. The van der Waals surface area contributed by atoms with Crippen LogP contribution in [-0.2, 0) is 9.53 Å². The van der Waals surface area contributed by atoms with Crippen LogP contribution in [0.3, 0.4) is 0 Å². The van der Waals surface area contributed by atoms with Crippen LogP contribution in [0.15, 0.2) is 60.8 Å². The number of benzene rings is 2. The Morgan fingerprint density at radius 3 is 2.37 bits per heavy atom. The van der Waals surface area contributed by atoms with Gasteiger partial charge >= 0.3 is 5.97 Å². The molecule has 0 atom stereocenters. The Hall–Kier alpha value is -4.44. The normalized spacial score (nSPS) is 12.2. The number of nitrogens with zero attached hydrogens (tertiary/aromatic N) is 2. The first-order chi connectivity index (χ1) is 18.3. The van der Waals surface area contributed by atoms with E-state index in [2.05, 4.69) is 15.6 Å². The number of aromatic nitrogens is 1. The second-order valence-electron chi connectivity index (χ2n) is 8.34. The predicted molar refractivity (Wildman–Crippen MR) is 143 cm³/mol. The maximum Gasteiger partial charge on any atom is 0.344 e. The van der Waals surface area contributed by atoms with Crippen LogP contribution in [0, 0.1) is 5.41 Å². The number of anilines is 2. The Morgan fingerprint density at radius 1 is 1.00 bits per heavy atom. The molecule has 1 aliphatic rings. The maximum absolute atomic E-state index is 13.1. The van der Waals surface area contributed by atoms with Gasteiger partial charge in [-0.25, -0.2) is 9.78 Å². The first kappa shape index (κ1) is 26.6. The first-order valence-electron chi connectivity index (χ1n) is 11.9. The van der Waals surface area contributed by atoms with Gasteiger partial charge in [-0.05, 0) is 55.8 Å². The number of amides is 2. The quantitative estimate of drug-likeness (QED) is 0.212. The van der Waals surface area contributed by atoms with Crippen molar-refractivity contribution in [3.63, 3.8) is 0 Å². The molecule has 10 nitrogen and oxygen atoms in total. The molecule has 4 rings (SSSR count). The van der Waals surface area contributed by atoms with Crippen molar-refractivity contribution in [2.75, 3.05) is 36.9 Å². The summed E-state index contributed by atoms with van der Waals surface area (Å²) in [6, 6.07) is 14.3. The molecule has 0 bridgehead atoms. The molecule has 2 heterocycles. The van der Waals surface area contributed by atoms with E-state index in [0.29, 0.717) is 16.4 Å². The average molecular weight is 536 g/mol. The molecule has 3 N–H and O–H groups in total. The third kappa shape index (κ3) is 6.65. The Balaban J connectivity index is 1.53. The molecule has 196 valence electrons.